The smallest absolute Gasteiger partial charge is 0.385 e. The van der Waals surface area contributed by atoms with E-state index < -0.39 is 12.1 Å². The maximum Gasteiger partial charge on any atom is 0.471 e. The summed E-state index contributed by atoms with van der Waals surface area (Å²) in [6.07, 6.45) is 1.64. The molecular weight excluding hydrogens is 339 g/mol. The van der Waals surface area contributed by atoms with E-state index in [-0.39, 0.29) is 6.54 Å². The molecule has 0 heterocycles. The highest BCUT2D eigenvalue weighted by molar-refractivity contribution is 7.99. The van der Waals surface area contributed by atoms with E-state index in [0.29, 0.717) is 0 Å². The van der Waals surface area contributed by atoms with Crippen LogP contribution in [0.4, 0.5) is 13.2 Å². The summed E-state index contributed by atoms with van der Waals surface area (Å²) < 4.78 is 41.1. The molecule has 1 aromatic carbocycles. The molecule has 0 saturated heterocycles. The van der Waals surface area contributed by atoms with Crippen LogP contribution in [0.5, 0.6) is 0 Å². The molecule has 0 radical (unpaired) electrons. The summed E-state index contributed by atoms with van der Waals surface area (Å²) in [6.45, 7) is 0.630. The number of hydrogen-bond acceptors (Lipinski definition) is 3. The minimum absolute atomic E-state index is 0.158. The maximum atomic E-state index is 12.0. The Morgan fingerprint density at radius 2 is 2.08 bits per heavy atom. The first-order valence-electron chi connectivity index (χ1n) is 7.67. The molecule has 0 aromatic heterocycles. The van der Waals surface area contributed by atoms with E-state index in [1.807, 2.05) is 24.3 Å². The van der Waals surface area contributed by atoms with E-state index in [4.69, 9.17) is 4.74 Å². The van der Waals surface area contributed by atoms with Gasteiger partial charge in [0.2, 0.25) is 0 Å². The van der Waals surface area contributed by atoms with Crippen molar-refractivity contribution >= 4 is 23.7 Å². The van der Waals surface area contributed by atoms with E-state index in [2.05, 4.69) is 0 Å². The molecule has 0 bridgehead atoms. The van der Waals surface area contributed by atoms with Crippen molar-refractivity contribution < 1.29 is 22.7 Å². The van der Waals surface area contributed by atoms with Crippen molar-refractivity contribution in [3.63, 3.8) is 0 Å². The third-order valence-corrected chi connectivity index (χ3v) is 4.15. The highest BCUT2D eigenvalue weighted by atomic mass is 32.2. The largest absolute Gasteiger partial charge is 0.471 e. The molecule has 1 rings (SSSR count). The molecule has 1 amide bonds. The Labute approximate surface area is 144 Å². The molecule has 134 valence electrons. The lowest BCUT2D eigenvalue weighted by Gasteiger charge is -2.05. The standard InChI is InChI=1S/C17H22F3NO2S/c1-23-11-3-2-4-12-24-15-9-5-7-14(13-15)8-6-10-21-16(22)17(18,19)20/h5-9,13H,2-4,10-12H2,1H3,(H,21,22)/b8-6+. The Morgan fingerprint density at radius 3 is 2.79 bits per heavy atom. The van der Waals surface area contributed by atoms with Gasteiger partial charge in [-0.05, 0) is 36.3 Å². The monoisotopic (exact) mass is 361 g/mol. The number of carbonyl (C=O) groups is 1. The Bertz CT molecular complexity index is 533. The molecule has 0 fully saturated rings. The molecule has 0 spiro atoms. The summed E-state index contributed by atoms with van der Waals surface area (Å²) in [4.78, 5) is 11.8. The van der Waals surface area contributed by atoms with E-state index in [0.717, 1.165) is 42.1 Å². The number of methoxy groups -OCH3 is 1. The first kappa shape index (κ1) is 20.6. The first-order chi connectivity index (χ1) is 11.4. The van der Waals surface area contributed by atoms with Crippen LogP contribution < -0.4 is 5.32 Å². The second kappa shape index (κ2) is 11.1. The Hall–Kier alpha value is -1.47. The summed E-state index contributed by atoms with van der Waals surface area (Å²) in [5, 5.41) is 1.80. The van der Waals surface area contributed by atoms with Gasteiger partial charge in [-0.3, -0.25) is 4.79 Å². The highest BCUT2D eigenvalue weighted by Crippen LogP contribution is 2.21. The molecule has 0 aliphatic rings. The van der Waals surface area contributed by atoms with Crippen LogP contribution in [0.1, 0.15) is 24.8 Å². The van der Waals surface area contributed by atoms with Gasteiger partial charge < -0.3 is 10.1 Å². The Balaban J connectivity index is 2.34. The number of carbonyl (C=O) groups excluding carboxylic acids is 1. The number of nitrogens with one attached hydrogen (secondary N) is 1. The zero-order chi connectivity index (χ0) is 17.8. The van der Waals surface area contributed by atoms with Gasteiger partial charge in [-0.1, -0.05) is 30.7 Å². The van der Waals surface area contributed by atoms with Crippen molar-refractivity contribution in [1.82, 2.24) is 5.32 Å². The van der Waals surface area contributed by atoms with Crippen LogP contribution >= 0.6 is 11.8 Å². The Morgan fingerprint density at radius 1 is 1.29 bits per heavy atom. The summed E-state index contributed by atoms with van der Waals surface area (Å²) in [7, 11) is 1.70. The predicted molar refractivity (Wildman–Crippen MR) is 91.0 cm³/mol. The van der Waals surface area contributed by atoms with Crippen molar-refractivity contribution in [1.29, 1.82) is 0 Å². The van der Waals surface area contributed by atoms with Gasteiger partial charge in [0, 0.05) is 25.2 Å². The van der Waals surface area contributed by atoms with Crippen LogP contribution in [0.15, 0.2) is 35.2 Å². The molecule has 7 heteroatoms. The van der Waals surface area contributed by atoms with Crippen LogP contribution in [0.2, 0.25) is 0 Å². The normalized spacial score (nSPS) is 11.8. The van der Waals surface area contributed by atoms with Crippen LogP contribution in [0, 0.1) is 0 Å². The van der Waals surface area contributed by atoms with Crippen molar-refractivity contribution in [2.24, 2.45) is 0 Å². The van der Waals surface area contributed by atoms with Gasteiger partial charge in [0.1, 0.15) is 0 Å². The zero-order valence-electron chi connectivity index (χ0n) is 13.6. The van der Waals surface area contributed by atoms with Crippen molar-refractivity contribution in [2.75, 3.05) is 26.0 Å². The molecule has 24 heavy (non-hydrogen) atoms. The van der Waals surface area contributed by atoms with Crippen LogP contribution in [0.25, 0.3) is 6.08 Å². The number of benzene rings is 1. The number of unbranched alkanes of at least 4 members (excludes halogenated alkanes) is 2. The minimum atomic E-state index is -4.84. The number of thioether (sulfide) groups is 1. The number of amides is 1. The van der Waals surface area contributed by atoms with E-state index in [1.165, 1.54) is 6.08 Å². The number of hydrogen-bond donors (Lipinski definition) is 1. The van der Waals surface area contributed by atoms with Crippen LogP contribution in [-0.2, 0) is 9.53 Å². The van der Waals surface area contributed by atoms with Crippen molar-refractivity contribution in [3.8, 4) is 0 Å². The number of alkyl halides is 3. The lowest BCUT2D eigenvalue weighted by Crippen LogP contribution is -2.36. The highest BCUT2D eigenvalue weighted by Gasteiger charge is 2.37. The molecule has 0 saturated carbocycles. The Kier molecular flexibility index (Phi) is 9.56. The fourth-order valence-corrected chi connectivity index (χ4v) is 2.85. The quantitative estimate of drug-likeness (QED) is 0.499. The number of ether oxygens (including phenoxy) is 1. The molecule has 0 aliphatic heterocycles. The number of halogens is 3. The molecule has 0 atom stereocenters. The maximum absolute atomic E-state index is 12.0. The lowest BCUT2D eigenvalue weighted by atomic mass is 10.2. The summed E-state index contributed by atoms with van der Waals surface area (Å²) in [6, 6.07) is 7.75. The van der Waals surface area contributed by atoms with Crippen molar-refractivity contribution in [2.45, 2.75) is 30.3 Å². The third kappa shape index (κ3) is 8.98. The van der Waals surface area contributed by atoms with Crippen LogP contribution in [0.3, 0.4) is 0 Å². The molecular formula is C17H22F3NO2S. The first-order valence-corrected chi connectivity index (χ1v) is 8.65. The topological polar surface area (TPSA) is 38.3 Å². The van der Waals surface area contributed by atoms with Gasteiger partial charge in [0.15, 0.2) is 0 Å². The SMILES string of the molecule is COCCCCCSc1cccc(/C=C/CNC(=O)C(F)(F)F)c1. The van der Waals surface area contributed by atoms with Crippen LogP contribution in [-0.4, -0.2) is 38.1 Å². The second-order valence-corrected chi connectivity index (χ2v) is 6.25. The van der Waals surface area contributed by atoms with Gasteiger partial charge in [-0.25, -0.2) is 0 Å². The third-order valence-electron chi connectivity index (χ3n) is 3.07. The van der Waals surface area contributed by atoms with Gasteiger partial charge in [-0.2, -0.15) is 13.2 Å². The lowest BCUT2D eigenvalue weighted by molar-refractivity contribution is -0.173. The fraction of sp³-hybridized carbons (Fsp3) is 0.471. The molecule has 0 aliphatic carbocycles. The minimum Gasteiger partial charge on any atom is -0.385 e. The molecule has 0 unspecified atom stereocenters. The van der Waals surface area contributed by atoms with E-state index in [9.17, 15) is 18.0 Å². The molecule has 1 aromatic rings. The van der Waals surface area contributed by atoms with Crippen molar-refractivity contribution in [3.05, 3.63) is 35.9 Å². The number of rotatable bonds is 10. The fourth-order valence-electron chi connectivity index (χ4n) is 1.87. The van der Waals surface area contributed by atoms with E-state index in [1.54, 1.807) is 30.3 Å². The van der Waals surface area contributed by atoms with Gasteiger partial charge in [-0.15, -0.1) is 11.8 Å². The summed E-state index contributed by atoms with van der Waals surface area (Å²) in [5.74, 6) is -0.914. The molecule has 1 N–H and O–H groups in total. The average Bonchev–Trinajstić information content (AvgIpc) is 2.54. The summed E-state index contributed by atoms with van der Waals surface area (Å²) in [5.41, 5.74) is 0.889. The predicted octanol–water partition coefficient (Wildman–Crippen LogP) is 4.29. The second-order valence-electron chi connectivity index (χ2n) is 5.08. The summed E-state index contributed by atoms with van der Waals surface area (Å²) >= 11 is 1.75. The van der Waals surface area contributed by atoms with E-state index >= 15 is 0 Å². The van der Waals surface area contributed by atoms with Gasteiger partial charge in [0.05, 0.1) is 0 Å². The van der Waals surface area contributed by atoms with Gasteiger partial charge in [0.25, 0.3) is 0 Å². The van der Waals surface area contributed by atoms with Gasteiger partial charge >= 0.3 is 12.1 Å². The average molecular weight is 361 g/mol. The zero-order valence-corrected chi connectivity index (χ0v) is 14.4. The molecule has 3 nitrogen and oxygen atoms in total.